The number of carbonyl (C=O) groups excluding carboxylic acids is 1. The maximum Gasteiger partial charge on any atom is 0.289 e. The number of carbonyl (C=O) groups is 1. The van der Waals surface area contributed by atoms with Gasteiger partial charge in [-0.25, -0.2) is 5.43 Å². The Kier molecular flexibility index (Phi) is 4.72. The van der Waals surface area contributed by atoms with Crippen LogP contribution in [-0.4, -0.2) is 27.4 Å². The molecule has 6 nitrogen and oxygen atoms in total. The van der Waals surface area contributed by atoms with Crippen molar-refractivity contribution in [1.82, 2.24) is 15.6 Å². The van der Waals surface area contributed by atoms with Gasteiger partial charge in [-0.3, -0.25) is 9.89 Å². The lowest BCUT2D eigenvalue weighted by Gasteiger charge is -1.99. The standard InChI is InChI=1S/C17H13BrN4O2/c18-13-6-7-16(23)12(8-13)10-19-22-17(24)15-9-14(20-21-15)11-4-2-1-3-5-11/h1-10,23H,(H,20,21)(H,22,24)/b19-10+. The molecule has 7 heteroatoms. The second kappa shape index (κ2) is 7.10. The molecule has 0 aliphatic rings. The summed E-state index contributed by atoms with van der Waals surface area (Å²) in [6, 6.07) is 16.1. The van der Waals surface area contributed by atoms with E-state index in [4.69, 9.17) is 0 Å². The average molecular weight is 385 g/mol. The van der Waals surface area contributed by atoms with Gasteiger partial charge in [0.25, 0.3) is 5.91 Å². The van der Waals surface area contributed by atoms with E-state index < -0.39 is 5.91 Å². The van der Waals surface area contributed by atoms with Crippen molar-refractivity contribution in [1.29, 1.82) is 0 Å². The first-order valence-corrected chi connectivity index (χ1v) is 7.85. The zero-order valence-electron chi connectivity index (χ0n) is 12.4. The Balaban J connectivity index is 1.68. The molecule has 2 aromatic carbocycles. The zero-order valence-corrected chi connectivity index (χ0v) is 14.0. The van der Waals surface area contributed by atoms with Gasteiger partial charge >= 0.3 is 0 Å². The summed E-state index contributed by atoms with van der Waals surface area (Å²) in [5.74, 6) is -0.348. The number of H-pyrrole nitrogens is 1. The first-order chi connectivity index (χ1) is 11.6. The molecule has 0 unspecified atom stereocenters. The van der Waals surface area contributed by atoms with Gasteiger partial charge in [0.1, 0.15) is 11.4 Å². The monoisotopic (exact) mass is 384 g/mol. The second-order valence-corrected chi connectivity index (χ2v) is 5.85. The third-order valence-corrected chi connectivity index (χ3v) is 3.74. The summed E-state index contributed by atoms with van der Waals surface area (Å²) in [7, 11) is 0. The number of aromatic nitrogens is 2. The van der Waals surface area contributed by atoms with Gasteiger partial charge in [-0.05, 0) is 24.3 Å². The summed E-state index contributed by atoms with van der Waals surface area (Å²) in [5.41, 5.74) is 4.76. The summed E-state index contributed by atoms with van der Waals surface area (Å²) >= 11 is 3.31. The number of amides is 1. The molecule has 24 heavy (non-hydrogen) atoms. The Labute approximate surface area is 146 Å². The summed E-state index contributed by atoms with van der Waals surface area (Å²) in [6.07, 6.45) is 1.37. The Morgan fingerprint density at radius 2 is 2.00 bits per heavy atom. The van der Waals surface area contributed by atoms with Crippen LogP contribution in [0.4, 0.5) is 0 Å². The lowest BCUT2D eigenvalue weighted by Crippen LogP contribution is -2.18. The van der Waals surface area contributed by atoms with E-state index >= 15 is 0 Å². The molecule has 3 N–H and O–H groups in total. The number of nitrogens with one attached hydrogen (secondary N) is 2. The van der Waals surface area contributed by atoms with Crippen LogP contribution in [0, 0.1) is 0 Å². The van der Waals surface area contributed by atoms with Gasteiger partial charge in [0, 0.05) is 15.6 Å². The maximum atomic E-state index is 12.1. The third-order valence-electron chi connectivity index (χ3n) is 3.25. The van der Waals surface area contributed by atoms with Crippen molar-refractivity contribution in [2.75, 3.05) is 0 Å². The lowest BCUT2D eigenvalue weighted by atomic mass is 10.1. The van der Waals surface area contributed by atoms with Gasteiger partial charge in [0.2, 0.25) is 0 Å². The van der Waals surface area contributed by atoms with E-state index in [9.17, 15) is 9.90 Å². The van der Waals surface area contributed by atoms with E-state index in [0.29, 0.717) is 17.0 Å². The quantitative estimate of drug-likeness (QED) is 0.476. The van der Waals surface area contributed by atoms with Crippen LogP contribution in [0.1, 0.15) is 16.1 Å². The summed E-state index contributed by atoms with van der Waals surface area (Å²) in [5, 5.41) is 20.4. The van der Waals surface area contributed by atoms with Crippen molar-refractivity contribution in [3.8, 4) is 17.0 Å². The molecule has 0 spiro atoms. The summed E-state index contributed by atoms with van der Waals surface area (Å²) in [6.45, 7) is 0. The van der Waals surface area contributed by atoms with Crippen molar-refractivity contribution < 1.29 is 9.90 Å². The van der Waals surface area contributed by atoms with Crippen molar-refractivity contribution in [3.63, 3.8) is 0 Å². The fraction of sp³-hybridized carbons (Fsp3) is 0. The largest absolute Gasteiger partial charge is 0.507 e. The van der Waals surface area contributed by atoms with Crippen LogP contribution < -0.4 is 5.43 Å². The highest BCUT2D eigenvalue weighted by molar-refractivity contribution is 9.10. The van der Waals surface area contributed by atoms with E-state index in [-0.39, 0.29) is 5.75 Å². The molecular formula is C17H13BrN4O2. The number of benzene rings is 2. The molecule has 0 bridgehead atoms. The molecule has 0 atom stereocenters. The number of nitrogens with zero attached hydrogens (tertiary/aromatic N) is 2. The number of aromatic amines is 1. The molecule has 0 aliphatic heterocycles. The lowest BCUT2D eigenvalue weighted by molar-refractivity contribution is 0.0950. The number of hydrogen-bond donors (Lipinski definition) is 3. The minimum Gasteiger partial charge on any atom is -0.507 e. The van der Waals surface area contributed by atoms with Crippen molar-refractivity contribution in [2.24, 2.45) is 5.10 Å². The highest BCUT2D eigenvalue weighted by Gasteiger charge is 2.10. The Morgan fingerprint density at radius 1 is 1.21 bits per heavy atom. The molecule has 3 aromatic rings. The first kappa shape index (κ1) is 15.9. The number of halogens is 1. The molecule has 120 valence electrons. The Morgan fingerprint density at radius 3 is 2.79 bits per heavy atom. The van der Waals surface area contributed by atoms with Gasteiger partial charge in [-0.15, -0.1) is 0 Å². The molecule has 0 saturated carbocycles. The molecule has 3 rings (SSSR count). The fourth-order valence-corrected chi connectivity index (χ4v) is 2.42. The van der Waals surface area contributed by atoms with Crippen LogP contribution in [0.3, 0.4) is 0 Å². The predicted molar refractivity (Wildman–Crippen MR) is 94.9 cm³/mol. The van der Waals surface area contributed by atoms with E-state index in [1.807, 2.05) is 30.3 Å². The van der Waals surface area contributed by atoms with Crippen molar-refractivity contribution in [3.05, 3.63) is 70.3 Å². The van der Waals surface area contributed by atoms with Crippen molar-refractivity contribution >= 4 is 28.1 Å². The Bertz CT molecular complexity index is 891. The molecule has 0 radical (unpaired) electrons. The van der Waals surface area contributed by atoms with E-state index in [1.54, 1.807) is 18.2 Å². The second-order valence-electron chi connectivity index (χ2n) is 4.94. The van der Waals surface area contributed by atoms with Crippen LogP contribution in [0.2, 0.25) is 0 Å². The number of hydrogen-bond acceptors (Lipinski definition) is 4. The topological polar surface area (TPSA) is 90.4 Å². The fourth-order valence-electron chi connectivity index (χ4n) is 2.04. The Hall–Kier alpha value is -2.93. The number of phenolic OH excluding ortho intramolecular Hbond substituents is 1. The van der Waals surface area contributed by atoms with Crippen LogP contribution in [0.25, 0.3) is 11.3 Å². The normalized spacial score (nSPS) is 10.9. The summed E-state index contributed by atoms with van der Waals surface area (Å²) < 4.78 is 0.800. The molecule has 1 heterocycles. The van der Waals surface area contributed by atoms with Crippen LogP contribution in [-0.2, 0) is 0 Å². The minimum atomic E-state index is -0.421. The first-order valence-electron chi connectivity index (χ1n) is 7.06. The molecule has 1 aromatic heterocycles. The molecular weight excluding hydrogens is 372 g/mol. The number of aromatic hydroxyl groups is 1. The summed E-state index contributed by atoms with van der Waals surface area (Å²) in [4.78, 5) is 12.1. The zero-order chi connectivity index (χ0) is 16.9. The van der Waals surface area contributed by atoms with E-state index in [2.05, 4.69) is 36.7 Å². The number of hydrazone groups is 1. The van der Waals surface area contributed by atoms with Gasteiger partial charge in [-0.1, -0.05) is 46.3 Å². The van der Waals surface area contributed by atoms with Gasteiger partial charge in [-0.2, -0.15) is 10.2 Å². The van der Waals surface area contributed by atoms with E-state index in [0.717, 1.165) is 10.0 Å². The van der Waals surface area contributed by atoms with Crippen LogP contribution in [0.15, 0.2) is 64.2 Å². The van der Waals surface area contributed by atoms with Crippen LogP contribution in [0.5, 0.6) is 5.75 Å². The van der Waals surface area contributed by atoms with Crippen LogP contribution >= 0.6 is 15.9 Å². The smallest absolute Gasteiger partial charge is 0.289 e. The SMILES string of the molecule is O=C(N/N=C/c1cc(Br)ccc1O)c1cc(-c2ccccc2)n[nH]1. The van der Waals surface area contributed by atoms with Gasteiger partial charge < -0.3 is 5.11 Å². The molecule has 0 saturated heterocycles. The minimum absolute atomic E-state index is 0.0732. The maximum absolute atomic E-state index is 12.1. The highest BCUT2D eigenvalue weighted by atomic mass is 79.9. The molecule has 0 fully saturated rings. The van der Waals surface area contributed by atoms with Crippen molar-refractivity contribution in [2.45, 2.75) is 0 Å². The van der Waals surface area contributed by atoms with Gasteiger partial charge in [0.05, 0.1) is 11.9 Å². The predicted octanol–water partition coefficient (Wildman–Crippen LogP) is 3.31. The number of rotatable bonds is 4. The van der Waals surface area contributed by atoms with E-state index in [1.165, 1.54) is 12.3 Å². The van der Waals surface area contributed by atoms with Gasteiger partial charge in [0.15, 0.2) is 0 Å². The molecule has 1 amide bonds. The highest BCUT2D eigenvalue weighted by Crippen LogP contribution is 2.20. The third kappa shape index (κ3) is 3.69. The average Bonchev–Trinajstić information content (AvgIpc) is 3.09. The molecule has 0 aliphatic carbocycles. The number of phenols is 1.